The summed E-state index contributed by atoms with van der Waals surface area (Å²) in [5, 5.41) is 0.790. The lowest BCUT2D eigenvalue weighted by molar-refractivity contribution is 0.285. The van der Waals surface area contributed by atoms with Crippen molar-refractivity contribution in [3.8, 4) is 0 Å². The van der Waals surface area contributed by atoms with Crippen molar-refractivity contribution in [3.05, 3.63) is 0 Å². The molecule has 0 aromatic heterocycles. The zero-order valence-corrected chi connectivity index (χ0v) is 9.79. The maximum atomic E-state index is 5.44. The maximum Gasteiger partial charge on any atom is 0.0727 e. The van der Waals surface area contributed by atoms with Gasteiger partial charge in [0.05, 0.1) is 4.99 Å². The summed E-state index contributed by atoms with van der Waals surface area (Å²) in [7, 11) is 0. The molecule has 1 rings (SSSR count). The Morgan fingerprint density at radius 2 is 2.46 bits per heavy atom. The van der Waals surface area contributed by atoms with Gasteiger partial charge < -0.3 is 10.6 Å². The zero-order chi connectivity index (χ0) is 9.68. The van der Waals surface area contributed by atoms with Crippen molar-refractivity contribution in [3.63, 3.8) is 0 Å². The molecule has 0 amide bonds. The summed E-state index contributed by atoms with van der Waals surface area (Å²) in [4.78, 5) is 3.17. The third kappa shape index (κ3) is 4.84. The van der Waals surface area contributed by atoms with Crippen LogP contribution in [0.4, 0.5) is 0 Å². The van der Waals surface area contributed by atoms with Gasteiger partial charge in [-0.2, -0.15) is 11.8 Å². The van der Waals surface area contributed by atoms with Crippen LogP contribution < -0.4 is 5.73 Å². The first kappa shape index (κ1) is 11.3. The largest absolute Gasteiger partial charge is 0.393 e. The van der Waals surface area contributed by atoms with E-state index in [0.717, 1.165) is 24.6 Å². The van der Waals surface area contributed by atoms with Gasteiger partial charge in [-0.3, -0.25) is 0 Å². The van der Waals surface area contributed by atoms with Crippen molar-refractivity contribution >= 4 is 29.0 Å². The molecule has 0 radical (unpaired) electrons. The Morgan fingerprint density at radius 1 is 1.69 bits per heavy atom. The van der Waals surface area contributed by atoms with E-state index in [0.29, 0.717) is 4.99 Å². The Balaban J connectivity index is 2.10. The molecule has 0 aliphatic carbocycles. The molecule has 1 saturated heterocycles. The highest BCUT2D eigenvalue weighted by Gasteiger charge is 2.15. The average Bonchev–Trinajstić information content (AvgIpc) is 2.03. The van der Waals surface area contributed by atoms with Gasteiger partial charge in [0.25, 0.3) is 0 Å². The number of hydrogen-bond donors (Lipinski definition) is 1. The average molecular weight is 218 g/mol. The van der Waals surface area contributed by atoms with E-state index in [1.807, 2.05) is 0 Å². The minimum absolute atomic E-state index is 0.652. The molecule has 1 fully saturated rings. The van der Waals surface area contributed by atoms with Crippen LogP contribution in [0.15, 0.2) is 0 Å². The van der Waals surface area contributed by atoms with Crippen molar-refractivity contribution < 1.29 is 0 Å². The zero-order valence-electron chi connectivity index (χ0n) is 8.16. The van der Waals surface area contributed by atoms with E-state index >= 15 is 0 Å². The number of nitrogens with two attached hydrogens (primary N) is 1. The van der Waals surface area contributed by atoms with Crippen LogP contribution in [0.2, 0.25) is 0 Å². The lowest BCUT2D eigenvalue weighted by Gasteiger charge is -2.30. The predicted molar refractivity (Wildman–Crippen MR) is 64.4 cm³/mol. The lowest BCUT2D eigenvalue weighted by atomic mass is 10.2. The summed E-state index contributed by atoms with van der Waals surface area (Å²) >= 11 is 6.91. The number of thiocarbonyl (C=S) groups is 1. The van der Waals surface area contributed by atoms with Crippen molar-refractivity contribution in [1.82, 2.24) is 4.90 Å². The fourth-order valence-corrected chi connectivity index (χ4v) is 2.80. The Kier molecular flexibility index (Phi) is 5.06. The molecule has 0 aromatic carbocycles. The molecule has 76 valence electrons. The first-order valence-corrected chi connectivity index (χ1v) is 6.26. The second kappa shape index (κ2) is 5.83. The third-order valence-electron chi connectivity index (χ3n) is 2.22. The summed E-state index contributed by atoms with van der Waals surface area (Å²) < 4.78 is 0. The molecule has 1 heterocycles. The molecule has 2 N–H and O–H groups in total. The van der Waals surface area contributed by atoms with E-state index in [-0.39, 0.29) is 0 Å². The van der Waals surface area contributed by atoms with Gasteiger partial charge in [0, 0.05) is 24.1 Å². The van der Waals surface area contributed by atoms with Crippen LogP contribution >= 0.6 is 24.0 Å². The van der Waals surface area contributed by atoms with Crippen molar-refractivity contribution in [2.24, 2.45) is 5.73 Å². The Morgan fingerprint density at radius 3 is 3.08 bits per heavy atom. The molecule has 0 bridgehead atoms. The molecule has 1 unspecified atom stereocenters. The van der Waals surface area contributed by atoms with Crippen LogP contribution in [-0.4, -0.2) is 40.5 Å². The highest BCUT2D eigenvalue weighted by Crippen LogP contribution is 2.17. The molecular formula is C9H18N2S2. The SMILES string of the molecule is CC1CN(CCCC(N)=S)CCS1. The van der Waals surface area contributed by atoms with Crippen LogP contribution in [0.25, 0.3) is 0 Å². The summed E-state index contributed by atoms with van der Waals surface area (Å²) in [5.41, 5.74) is 5.44. The number of thioether (sulfide) groups is 1. The first-order chi connectivity index (χ1) is 6.18. The predicted octanol–water partition coefficient (Wildman–Crippen LogP) is 1.49. The van der Waals surface area contributed by atoms with Gasteiger partial charge >= 0.3 is 0 Å². The topological polar surface area (TPSA) is 29.3 Å². The maximum absolute atomic E-state index is 5.44. The summed E-state index contributed by atoms with van der Waals surface area (Å²) in [5.74, 6) is 1.27. The van der Waals surface area contributed by atoms with Crippen molar-refractivity contribution in [2.45, 2.75) is 25.0 Å². The van der Waals surface area contributed by atoms with Crippen molar-refractivity contribution in [1.29, 1.82) is 0 Å². The molecule has 1 aliphatic heterocycles. The monoisotopic (exact) mass is 218 g/mol. The molecule has 1 atom stereocenters. The molecule has 2 nitrogen and oxygen atoms in total. The van der Waals surface area contributed by atoms with Gasteiger partial charge in [-0.25, -0.2) is 0 Å². The quantitative estimate of drug-likeness (QED) is 0.724. The van der Waals surface area contributed by atoms with Gasteiger partial charge in [-0.15, -0.1) is 0 Å². The van der Waals surface area contributed by atoms with Crippen LogP contribution in [0.5, 0.6) is 0 Å². The molecule has 13 heavy (non-hydrogen) atoms. The lowest BCUT2D eigenvalue weighted by Crippen LogP contribution is -2.37. The van der Waals surface area contributed by atoms with Gasteiger partial charge in [-0.1, -0.05) is 19.1 Å². The first-order valence-electron chi connectivity index (χ1n) is 4.81. The second-order valence-electron chi connectivity index (χ2n) is 3.55. The summed E-state index contributed by atoms with van der Waals surface area (Å²) in [6, 6.07) is 0. The van der Waals surface area contributed by atoms with E-state index in [9.17, 15) is 0 Å². The summed E-state index contributed by atoms with van der Waals surface area (Å²) in [6.07, 6.45) is 2.01. The fraction of sp³-hybridized carbons (Fsp3) is 0.889. The Hall–Kier alpha value is 0.200. The molecular weight excluding hydrogens is 200 g/mol. The van der Waals surface area contributed by atoms with E-state index in [1.165, 1.54) is 18.8 Å². The smallest absolute Gasteiger partial charge is 0.0727 e. The second-order valence-corrected chi connectivity index (χ2v) is 5.62. The van der Waals surface area contributed by atoms with Crippen LogP contribution in [0.3, 0.4) is 0 Å². The van der Waals surface area contributed by atoms with Gasteiger partial charge in [0.15, 0.2) is 0 Å². The molecule has 0 aromatic rings. The van der Waals surface area contributed by atoms with Crippen LogP contribution in [-0.2, 0) is 0 Å². The summed E-state index contributed by atoms with van der Waals surface area (Å²) in [6.45, 7) is 5.90. The van der Waals surface area contributed by atoms with Gasteiger partial charge in [-0.05, 0) is 19.4 Å². The Bertz CT molecular complexity index is 173. The van der Waals surface area contributed by atoms with Gasteiger partial charge in [0.2, 0.25) is 0 Å². The molecule has 4 heteroatoms. The highest BCUT2D eigenvalue weighted by atomic mass is 32.2. The minimum atomic E-state index is 0.652. The minimum Gasteiger partial charge on any atom is -0.393 e. The van der Waals surface area contributed by atoms with E-state index in [1.54, 1.807) is 0 Å². The van der Waals surface area contributed by atoms with Crippen molar-refractivity contribution in [2.75, 3.05) is 25.4 Å². The fourth-order valence-electron chi connectivity index (χ4n) is 1.57. The number of hydrogen-bond acceptors (Lipinski definition) is 3. The van der Waals surface area contributed by atoms with E-state index < -0.39 is 0 Å². The van der Waals surface area contributed by atoms with E-state index in [2.05, 4.69) is 23.6 Å². The third-order valence-corrected chi connectivity index (χ3v) is 3.56. The molecule has 0 spiro atoms. The molecule has 0 saturated carbocycles. The highest BCUT2D eigenvalue weighted by molar-refractivity contribution is 7.99. The normalized spacial score (nSPS) is 24.5. The number of rotatable bonds is 4. The standard InChI is InChI=1S/C9H18N2S2/c1-8-7-11(5-6-13-8)4-2-3-9(10)12/h8H,2-7H2,1H3,(H2,10,12). The molecule has 1 aliphatic rings. The van der Waals surface area contributed by atoms with Gasteiger partial charge in [0.1, 0.15) is 0 Å². The van der Waals surface area contributed by atoms with E-state index in [4.69, 9.17) is 18.0 Å². The van der Waals surface area contributed by atoms with Crippen LogP contribution in [0.1, 0.15) is 19.8 Å². The Labute approximate surface area is 90.2 Å². The number of nitrogens with zero attached hydrogens (tertiary/aromatic N) is 1. The van der Waals surface area contributed by atoms with Crippen LogP contribution in [0, 0.1) is 0 Å².